The van der Waals surface area contributed by atoms with E-state index in [9.17, 15) is 8.78 Å². The van der Waals surface area contributed by atoms with Crippen LogP contribution in [-0.2, 0) is 0 Å². The Hall–Kier alpha value is -0.520. The third-order valence-electron chi connectivity index (χ3n) is 2.30. The van der Waals surface area contributed by atoms with Crippen LogP contribution in [0.5, 0.6) is 0 Å². The molecule has 2 atom stereocenters. The minimum Gasteiger partial charge on any atom is -0.386 e. The summed E-state index contributed by atoms with van der Waals surface area (Å²) in [7, 11) is 0. The Labute approximate surface area is 102 Å². The smallest absolute Gasteiger partial charge is 0.265 e. The number of alkyl halides is 2. The van der Waals surface area contributed by atoms with Crippen molar-refractivity contribution in [1.29, 1.82) is 0 Å². The van der Waals surface area contributed by atoms with E-state index < -0.39 is 12.5 Å². The van der Waals surface area contributed by atoms with Crippen molar-refractivity contribution >= 4 is 15.9 Å². The Morgan fingerprint density at radius 3 is 2.56 bits per heavy atom. The largest absolute Gasteiger partial charge is 0.386 e. The lowest BCUT2D eigenvalue weighted by Gasteiger charge is -2.18. The number of rotatable bonds is 5. The van der Waals surface area contributed by atoms with Gasteiger partial charge in [-0.15, -0.1) is 0 Å². The lowest BCUT2D eigenvalue weighted by molar-refractivity contribution is -0.00440. The highest BCUT2D eigenvalue weighted by Gasteiger charge is 2.18. The number of hydrogen-bond donors (Lipinski definition) is 2. The van der Waals surface area contributed by atoms with E-state index in [-0.39, 0.29) is 12.6 Å². The molecular formula is C11H14BrF2NO. The van der Waals surface area contributed by atoms with Crippen LogP contribution < -0.4 is 5.32 Å². The van der Waals surface area contributed by atoms with E-state index in [4.69, 9.17) is 5.11 Å². The number of halogens is 3. The molecule has 16 heavy (non-hydrogen) atoms. The molecule has 0 radical (unpaired) electrons. The molecule has 0 aliphatic heterocycles. The van der Waals surface area contributed by atoms with Gasteiger partial charge in [-0.1, -0.05) is 34.1 Å². The van der Waals surface area contributed by atoms with Crippen molar-refractivity contribution in [2.24, 2.45) is 0 Å². The molecule has 5 heteroatoms. The molecule has 0 aromatic heterocycles. The second-order valence-corrected chi connectivity index (χ2v) is 4.41. The lowest BCUT2D eigenvalue weighted by atomic mass is 10.1. The van der Waals surface area contributed by atoms with Crippen LogP contribution in [0, 0.1) is 0 Å². The summed E-state index contributed by atoms with van der Waals surface area (Å²) in [4.78, 5) is 0. The van der Waals surface area contributed by atoms with Crippen LogP contribution in [0.15, 0.2) is 28.7 Å². The molecule has 1 rings (SSSR count). The van der Waals surface area contributed by atoms with E-state index in [0.717, 1.165) is 10.0 Å². The number of aliphatic hydroxyl groups excluding tert-OH is 1. The SMILES string of the molecule is CC(NCC(O)C(F)F)c1ccccc1Br. The molecule has 90 valence electrons. The highest BCUT2D eigenvalue weighted by molar-refractivity contribution is 9.10. The quantitative estimate of drug-likeness (QED) is 0.875. The van der Waals surface area contributed by atoms with Gasteiger partial charge >= 0.3 is 0 Å². The monoisotopic (exact) mass is 293 g/mol. The average molecular weight is 294 g/mol. The van der Waals surface area contributed by atoms with E-state index in [1.807, 2.05) is 31.2 Å². The van der Waals surface area contributed by atoms with Gasteiger partial charge in [-0.2, -0.15) is 0 Å². The molecule has 1 aromatic carbocycles. The van der Waals surface area contributed by atoms with Crippen LogP contribution in [0.4, 0.5) is 8.78 Å². The maximum absolute atomic E-state index is 12.1. The molecule has 0 saturated heterocycles. The highest BCUT2D eigenvalue weighted by Crippen LogP contribution is 2.22. The van der Waals surface area contributed by atoms with Crippen molar-refractivity contribution in [1.82, 2.24) is 5.32 Å². The number of nitrogens with one attached hydrogen (secondary N) is 1. The Morgan fingerprint density at radius 1 is 1.38 bits per heavy atom. The van der Waals surface area contributed by atoms with Crippen molar-refractivity contribution < 1.29 is 13.9 Å². The number of aliphatic hydroxyl groups is 1. The van der Waals surface area contributed by atoms with Crippen molar-refractivity contribution in [3.63, 3.8) is 0 Å². The summed E-state index contributed by atoms with van der Waals surface area (Å²) >= 11 is 3.38. The molecule has 0 fully saturated rings. The molecular weight excluding hydrogens is 280 g/mol. The molecule has 0 bridgehead atoms. The normalized spacial score (nSPS) is 15.1. The van der Waals surface area contributed by atoms with E-state index in [2.05, 4.69) is 21.2 Å². The summed E-state index contributed by atoms with van der Waals surface area (Å²) in [5.41, 5.74) is 0.976. The predicted octanol–water partition coefficient (Wildman–Crippen LogP) is 2.73. The topological polar surface area (TPSA) is 32.3 Å². The molecule has 2 unspecified atom stereocenters. The Morgan fingerprint density at radius 2 is 2.00 bits per heavy atom. The molecule has 0 aliphatic carbocycles. The second-order valence-electron chi connectivity index (χ2n) is 3.55. The average Bonchev–Trinajstić information content (AvgIpc) is 2.25. The van der Waals surface area contributed by atoms with Gasteiger partial charge in [0.15, 0.2) is 0 Å². The summed E-state index contributed by atoms with van der Waals surface area (Å²) in [5, 5.41) is 11.8. The van der Waals surface area contributed by atoms with Crippen LogP contribution in [0.2, 0.25) is 0 Å². The zero-order valence-corrected chi connectivity index (χ0v) is 10.4. The first-order valence-electron chi connectivity index (χ1n) is 4.96. The summed E-state index contributed by atoms with van der Waals surface area (Å²) in [6, 6.07) is 7.45. The summed E-state index contributed by atoms with van der Waals surface area (Å²) in [5.74, 6) is 0. The van der Waals surface area contributed by atoms with Gasteiger partial charge in [-0.25, -0.2) is 8.78 Å². The fraction of sp³-hybridized carbons (Fsp3) is 0.455. The van der Waals surface area contributed by atoms with E-state index in [1.54, 1.807) is 0 Å². The number of benzene rings is 1. The van der Waals surface area contributed by atoms with Crippen LogP contribution >= 0.6 is 15.9 Å². The second kappa shape index (κ2) is 6.27. The van der Waals surface area contributed by atoms with Gasteiger partial charge < -0.3 is 10.4 Å². The molecule has 0 aliphatic rings. The zero-order chi connectivity index (χ0) is 12.1. The van der Waals surface area contributed by atoms with Gasteiger partial charge in [0.2, 0.25) is 0 Å². The summed E-state index contributed by atoms with van der Waals surface area (Å²) < 4.78 is 25.0. The van der Waals surface area contributed by atoms with Gasteiger partial charge in [-0.3, -0.25) is 0 Å². The fourth-order valence-electron chi connectivity index (χ4n) is 1.32. The first-order valence-corrected chi connectivity index (χ1v) is 5.75. The van der Waals surface area contributed by atoms with Gasteiger partial charge in [0, 0.05) is 17.1 Å². The van der Waals surface area contributed by atoms with Crippen molar-refractivity contribution in [2.45, 2.75) is 25.5 Å². The Balaban J connectivity index is 2.53. The third kappa shape index (κ3) is 3.81. The Kier molecular flexibility index (Phi) is 5.31. The zero-order valence-electron chi connectivity index (χ0n) is 8.83. The van der Waals surface area contributed by atoms with Crippen molar-refractivity contribution in [3.8, 4) is 0 Å². The van der Waals surface area contributed by atoms with E-state index in [0.29, 0.717) is 0 Å². The van der Waals surface area contributed by atoms with Gasteiger partial charge in [0.1, 0.15) is 6.10 Å². The molecule has 0 heterocycles. The van der Waals surface area contributed by atoms with Crippen LogP contribution in [0.3, 0.4) is 0 Å². The standard InChI is InChI=1S/C11H14BrF2NO/c1-7(15-6-10(16)11(13)14)8-4-2-3-5-9(8)12/h2-5,7,10-11,15-16H,6H2,1H3. The maximum Gasteiger partial charge on any atom is 0.265 e. The van der Waals surface area contributed by atoms with Crippen LogP contribution in [0.25, 0.3) is 0 Å². The molecule has 0 spiro atoms. The lowest BCUT2D eigenvalue weighted by Crippen LogP contribution is -2.33. The molecule has 2 N–H and O–H groups in total. The molecule has 0 amide bonds. The van der Waals surface area contributed by atoms with Crippen molar-refractivity contribution in [2.75, 3.05) is 6.54 Å². The van der Waals surface area contributed by atoms with Crippen LogP contribution in [0.1, 0.15) is 18.5 Å². The van der Waals surface area contributed by atoms with Crippen molar-refractivity contribution in [3.05, 3.63) is 34.3 Å². The van der Waals surface area contributed by atoms with Gasteiger partial charge in [0.05, 0.1) is 0 Å². The molecule has 2 nitrogen and oxygen atoms in total. The first kappa shape index (κ1) is 13.5. The summed E-state index contributed by atoms with van der Waals surface area (Å²) in [6.07, 6.45) is -4.33. The number of hydrogen-bond acceptors (Lipinski definition) is 2. The maximum atomic E-state index is 12.1. The highest BCUT2D eigenvalue weighted by atomic mass is 79.9. The minimum atomic E-state index is -2.71. The van der Waals surface area contributed by atoms with Gasteiger partial charge in [0.25, 0.3) is 6.43 Å². The first-order chi connectivity index (χ1) is 7.52. The van der Waals surface area contributed by atoms with E-state index >= 15 is 0 Å². The van der Waals surface area contributed by atoms with Gasteiger partial charge in [-0.05, 0) is 18.6 Å². The third-order valence-corrected chi connectivity index (χ3v) is 3.02. The predicted molar refractivity (Wildman–Crippen MR) is 62.6 cm³/mol. The minimum absolute atomic E-state index is 0.0935. The molecule has 1 aromatic rings. The Bertz CT molecular complexity index is 336. The fourth-order valence-corrected chi connectivity index (χ4v) is 1.95. The molecule has 0 saturated carbocycles. The van der Waals surface area contributed by atoms with E-state index in [1.165, 1.54) is 0 Å². The van der Waals surface area contributed by atoms with Crippen LogP contribution in [-0.4, -0.2) is 24.2 Å². The summed E-state index contributed by atoms with van der Waals surface area (Å²) in [6.45, 7) is 1.73.